The molecule has 0 saturated carbocycles. The Bertz CT molecular complexity index is 587. The summed E-state index contributed by atoms with van der Waals surface area (Å²) in [5.74, 6) is -1.47. The quantitative estimate of drug-likeness (QED) is 0.336. The third-order valence-corrected chi connectivity index (χ3v) is 3.60. The highest BCUT2D eigenvalue weighted by Crippen LogP contribution is 2.12. The number of rotatable bonds is 12. The maximum absolute atomic E-state index is 13.7. The highest BCUT2D eigenvalue weighted by molar-refractivity contribution is 5.87. The lowest BCUT2D eigenvalue weighted by atomic mass is 10.1. The fourth-order valence-electron chi connectivity index (χ4n) is 2.41. The van der Waals surface area contributed by atoms with Gasteiger partial charge in [0.05, 0.1) is 11.2 Å². The summed E-state index contributed by atoms with van der Waals surface area (Å²) < 4.78 is 13.7. The van der Waals surface area contributed by atoms with Crippen LogP contribution in [0.5, 0.6) is 0 Å². The summed E-state index contributed by atoms with van der Waals surface area (Å²) in [6.07, 6.45) is 4.41. The van der Waals surface area contributed by atoms with E-state index in [9.17, 15) is 14.0 Å². The number of hydroxylamine groups is 2. The van der Waals surface area contributed by atoms with Gasteiger partial charge in [-0.2, -0.15) is 0 Å². The number of aromatic carboxylic acids is 1. The van der Waals surface area contributed by atoms with Crippen LogP contribution < -0.4 is 5.32 Å². The first-order valence-corrected chi connectivity index (χ1v) is 8.86. The number of hydrogen-bond donors (Lipinski definition) is 2. The molecule has 26 heavy (non-hydrogen) atoms. The van der Waals surface area contributed by atoms with Gasteiger partial charge in [-0.15, -0.1) is 0 Å². The average molecular weight is 368 g/mol. The van der Waals surface area contributed by atoms with Crippen LogP contribution in [0.25, 0.3) is 0 Å². The highest BCUT2D eigenvalue weighted by Gasteiger charge is 2.15. The zero-order valence-corrected chi connectivity index (χ0v) is 15.8. The zero-order chi connectivity index (χ0) is 19.6. The minimum atomic E-state index is -1.06. The molecule has 0 aliphatic carbocycles. The van der Waals surface area contributed by atoms with E-state index in [0.29, 0.717) is 31.6 Å². The van der Waals surface area contributed by atoms with Crippen LogP contribution in [0.2, 0.25) is 0 Å². The van der Waals surface area contributed by atoms with Crippen LogP contribution in [0, 0.1) is 5.82 Å². The van der Waals surface area contributed by atoms with Gasteiger partial charge in [-0.25, -0.2) is 14.2 Å². The predicted molar refractivity (Wildman–Crippen MR) is 97.1 cm³/mol. The fourth-order valence-corrected chi connectivity index (χ4v) is 2.41. The molecule has 6 nitrogen and oxygen atoms in total. The highest BCUT2D eigenvalue weighted by atomic mass is 19.1. The number of carbonyl (C=O) groups is 2. The van der Waals surface area contributed by atoms with Crippen molar-refractivity contribution >= 4 is 12.4 Å². The van der Waals surface area contributed by atoms with Gasteiger partial charge in [0.25, 0.3) is 0 Å². The van der Waals surface area contributed by atoms with Crippen LogP contribution in [0.4, 0.5) is 4.39 Å². The minimum Gasteiger partial charge on any atom is -0.478 e. The monoisotopic (exact) mass is 368 g/mol. The summed E-state index contributed by atoms with van der Waals surface area (Å²) in [5.41, 5.74) is 0.0455. The summed E-state index contributed by atoms with van der Waals surface area (Å²) in [4.78, 5) is 27.3. The van der Waals surface area contributed by atoms with Gasteiger partial charge >= 0.3 is 5.97 Å². The van der Waals surface area contributed by atoms with E-state index in [1.54, 1.807) is 0 Å². The van der Waals surface area contributed by atoms with E-state index in [4.69, 9.17) is 9.94 Å². The van der Waals surface area contributed by atoms with E-state index >= 15 is 0 Å². The maximum Gasteiger partial charge on any atom is 0.335 e. The molecule has 0 heterocycles. The Labute approximate surface area is 154 Å². The molecule has 0 bridgehead atoms. The summed E-state index contributed by atoms with van der Waals surface area (Å²) >= 11 is 0. The first-order valence-electron chi connectivity index (χ1n) is 8.86. The number of nitrogens with one attached hydrogen (secondary N) is 1. The largest absolute Gasteiger partial charge is 0.478 e. The third-order valence-electron chi connectivity index (χ3n) is 3.60. The fraction of sp³-hybridized carbons (Fsp3) is 0.579. The number of amides is 1. The number of carbonyl (C=O) groups excluding carboxylic acids is 1. The normalized spacial score (nSPS) is 11.4. The second-order valence-electron chi connectivity index (χ2n) is 7.15. The Morgan fingerprint density at radius 3 is 2.58 bits per heavy atom. The molecule has 0 aromatic heterocycles. The SMILES string of the molecule is CC(C)(C)ON(C=O)CCCCCCNCc1cc(C(=O)O)ccc1F. The standard InChI is InChI=1S/C19H29FN2O4/c1-19(2,3)26-22(14-23)11-7-5-4-6-10-21-13-16-12-15(18(24)25)8-9-17(16)20/h8-9,12,14,21H,4-7,10-11,13H2,1-3H3,(H,24,25). The molecule has 1 rings (SSSR count). The summed E-state index contributed by atoms with van der Waals surface area (Å²) in [7, 11) is 0. The van der Waals surface area contributed by atoms with E-state index in [2.05, 4.69) is 5.32 Å². The summed E-state index contributed by atoms with van der Waals surface area (Å²) in [5, 5.41) is 13.4. The van der Waals surface area contributed by atoms with Gasteiger partial charge in [0.2, 0.25) is 6.41 Å². The summed E-state index contributed by atoms with van der Waals surface area (Å²) in [6, 6.07) is 3.79. The minimum absolute atomic E-state index is 0.0837. The Kier molecular flexibility index (Phi) is 9.23. The predicted octanol–water partition coefficient (Wildman–Crippen LogP) is 3.36. The zero-order valence-electron chi connectivity index (χ0n) is 15.8. The first kappa shape index (κ1) is 22.1. The van der Waals surface area contributed by atoms with Crippen LogP contribution in [0.15, 0.2) is 18.2 Å². The van der Waals surface area contributed by atoms with E-state index in [0.717, 1.165) is 25.7 Å². The molecule has 0 radical (unpaired) electrons. The van der Waals surface area contributed by atoms with Crippen molar-refractivity contribution in [3.8, 4) is 0 Å². The van der Waals surface area contributed by atoms with Crippen LogP contribution in [0.3, 0.4) is 0 Å². The lowest BCUT2D eigenvalue weighted by Crippen LogP contribution is -2.33. The number of unbranched alkanes of at least 4 members (excludes halogenated alkanes) is 3. The van der Waals surface area contributed by atoms with Gasteiger partial charge < -0.3 is 10.4 Å². The molecule has 7 heteroatoms. The van der Waals surface area contributed by atoms with Crippen molar-refractivity contribution in [2.45, 2.75) is 58.6 Å². The van der Waals surface area contributed by atoms with Gasteiger partial charge in [-0.3, -0.25) is 9.63 Å². The van der Waals surface area contributed by atoms with Crippen LogP contribution in [-0.4, -0.2) is 41.2 Å². The Balaban J connectivity index is 2.17. The molecule has 0 aliphatic heterocycles. The number of nitrogens with zero attached hydrogens (tertiary/aromatic N) is 1. The molecule has 0 fully saturated rings. The van der Waals surface area contributed by atoms with Crippen molar-refractivity contribution < 1.29 is 23.9 Å². The lowest BCUT2D eigenvalue weighted by Gasteiger charge is -2.26. The number of carboxylic acids is 1. The van der Waals surface area contributed by atoms with Crippen molar-refractivity contribution in [3.63, 3.8) is 0 Å². The smallest absolute Gasteiger partial charge is 0.335 e. The number of hydrogen-bond acceptors (Lipinski definition) is 4. The van der Waals surface area contributed by atoms with Crippen LogP contribution >= 0.6 is 0 Å². The van der Waals surface area contributed by atoms with Crippen molar-refractivity contribution in [1.82, 2.24) is 10.4 Å². The van der Waals surface area contributed by atoms with Gasteiger partial charge in [-0.05, 0) is 58.4 Å². The van der Waals surface area contributed by atoms with E-state index in [1.165, 1.54) is 23.3 Å². The van der Waals surface area contributed by atoms with E-state index in [-0.39, 0.29) is 5.56 Å². The topological polar surface area (TPSA) is 78.9 Å². The molecule has 0 spiro atoms. The van der Waals surface area contributed by atoms with Gasteiger partial charge in [0, 0.05) is 18.7 Å². The van der Waals surface area contributed by atoms with Crippen molar-refractivity contribution in [2.24, 2.45) is 0 Å². The van der Waals surface area contributed by atoms with E-state index < -0.39 is 17.4 Å². The molecule has 1 amide bonds. The van der Waals surface area contributed by atoms with Gasteiger partial charge in [0.15, 0.2) is 0 Å². The van der Waals surface area contributed by atoms with Crippen LogP contribution in [0.1, 0.15) is 62.4 Å². The van der Waals surface area contributed by atoms with Crippen molar-refractivity contribution in [2.75, 3.05) is 13.1 Å². The molecular weight excluding hydrogens is 339 g/mol. The number of benzene rings is 1. The number of halogens is 1. The molecule has 0 saturated heterocycles. The molecule has 0 aliphatic rings. The second kappa shape index (κ2) is 10.9. The van der Waals surface area contributed by atoms with Gasteiger partial charge in [0.1, 0.15) is 5.82 Å². The summed E-state index contributed by atoms with van der Waals surface area (Å²) in [6.45, 7) is 7.25. The molecule has 1 aromatic rings. The third kappa shape index (κ3) is 8.92. The Morgan fingerprint density at radius 2 is 1.96 bits per heavy atom. The maximum atomic E-state index is 13.7. The van der Waals surface area contributed by atoms with Gasteiger partial charge in [-0.1, -0.05) is 12.8 Å². The average Bonchev–Trinajstić information content (AvgIpc) is 2.56. The van der Waals surface area contributed by atoms with Crippen LogP contribution in [-0.2, 0) is 16.2 Å². The molecule has 2 N–H and O–H groups in total. The molecule has 0 atom stereocenters. The number of carboxylic acid groups (broad SMARTS) is 1. The Morgan fingerprint density at radius 1 is 1.27 bits per heavy atom. The Hall–Kier alpha value is -1.99. The van der Waals surface area contributed by atoms with E-state index in [1.807, 2.05) is 20.8 Å². The molecular formula is C19H29FN2O4. The van der Waals surface area contributed by atoms with Crippen molar-refractivity contribution in [3.05, 3.63) is 35.1 Å². The molecule has 146 valence electrons. The second-order valence-corrected chi connectivity index (χ2v) is 7.15. The first-order chi connectivity index (χ1) is 12.2. The lowest BCUT2D eigenvalue weighted by molar-refractivity contribution is -0.216. The van der Waals surface area contributed by atoms with Crippen molar-refractivity contribution in [1.29, 1.82) is 0 Å². The molecule has 1 aromatic carbocycles. The molecule has 0 unspecified atom stereocenters.